The van der Waals surface area contributed by atoms with Crippen LogP contribution in [0, 0.1) is 0 Å². The molecule has 0 saturated heterocycles. The van der Waals surface area contributed by atoms with Crippen molar-refractivity contribution in [2.24, 2.45) is 0 Å². The fourth-order valence-corrected chi connectivity index (χ4v) is 3.01. The van der Waals surface area contributed by atoms with Gasteiger partial charge in [0.05, 0.1) is 0 Å². The number of rotatable bonds is 6. The quantitative estimate of drug-likeness (QED) is 0.651. The van der Waals surface area contributed by atoms with Gasteiger partial charge >= 0.3 is 11.9 Å². The molecule has 1 aliphatic rings. The van der Waals surface area contributed by atoms with Gasteiger partial charge in [0.15, 0.2) is 0 Å². The Labute approximate surface area is 133 Å². The third-order valence-corrected chi connectivity index (χ3v) is 4.13. The highest BCUT2D eigenvalue weighted by Gasteiger charge is 2.24. The van der Waals surface area contributed by atoms with Crippen LogP contribution in [-0.2, 0) is 16.0 Å². The van der Waals surface area contributed by atoms with Crippen molar-refractivity contribution in [2.75, 3.05) is 5.32 Å². The van der Waals surface area contributed by atoms with E-state index in [4.69, 9.17) is 5.11 Å². The molecule has 0 fully saturated rings. The summed E-state index contributed by atoms with van der Waals surface area (Å²) in [6.07, 6.45) is 0.612. The van der Waals surface area contributed by atoms with E-state index in [1.807, 2.05) is 30.3 Å². The van der Waals surface area contributed by atoms with Crippen molar-refractivity contribution in [3.8, 4) is 11.1 Å². The first-order chi connectivity index (χ1) is 11.1. The second-order valence-corrected chi connectivity index (χ2v) is 5.63. The number of carboxylic acid groups (broad SMARTS) is 2. The number of nitrogens with one attached hydrogen (secondary N) is 1. The summed E-state index contributed by atoms with van der Waals surface area (Å²) in [5.74, 6) is -2.04. The zero-order valence-electron chi connectivity index (χ0n) is 12.5. The molecule has 0 bridgehead atoms. The Morgan fingerprint density at radius 2 is 1.78 bits per heavy atom. The van der Waals surface area contributed by atoms with Crippen LogP contribution in [-0.4, -0.2) is 28.2 Å². The first-order valence-corrected chi connectivity index (χ1v) is 7.47. The van der Waals surface area contributed by atoms with Gasteiger partial charge in [-0.15, -0.1) is 0 Å². The minimum atomic E-state index is -1.04. The molecule has 1 aliphatic carbocycles. The molecule has 0 radical (unpaired) electrons. The summed E-state index contributed by atoms with van der Waals surface area (Å²) < 4.78 is 0. The monoisotopic (exact) mass is 311 g/mol. The van der Waals surface area contributed by atoms with E-state index in [0.29, 0.717) is 0 Å². The van der Waals surface area contributed by atoms with E-state index in [1.165, 1.54) is 11.1 Å². The number of carbonyl (C=O) groups is 2. The molecule has 5 heteroatoms. The van der Waals surface area contributed by atoms with E-state index in [-0.39, 0.29) is 12.8 Å². The van der Waals surface area contributed by atoms with Gasteiger partial charge in [0, 0.05) is 18.5 Å². The molecule has 0 aromatic heterocycles. The molecule has 0 heterocycles. The molecule has 0 spiro atoms. The summed E-state index contributed by atoms with van der Waals surface area (Å²) in [5, 5.41) is 21.1. The van der Waals surface area contributed by atoms with Crippen LogP contribution in [0.2, 0.25) is 0 Å². The summed E-state index contributed by atoms with van der Waals surface area (Å²) in [6, 6.07) is 13.0. The molecule has 5 nitrogen and oxygen atoms in total. The highest BCUT2D eigenvalue weighted by atomic mass is 16.4. The summed E-state index contributed by atoms with van der Waals surface area (Å²) >= 11 is 0. The predicted octanol–water partition coefficient (Wildman–Crippen LogP) is 2.99. The van der Waals surface area contributed by atoms with Gasteiger partial charge in [-0.25, -0.2) is 4.79 Å². The number of hydrogen-bond acceptors (Lipinski definition) is 3. The fourth-order valence-electron chi connectivity index (χ4n) is 3.01. The molecular formula is C18H17NO4. The van der Waals surface area contributed by atoms with Crippen molar-refractivity contribution < 1.29 is 19.8 Å². The molecule has 3 rings (SSSR count). The van der Waals surface area contributed by atoms with E-state index >= 15 is 0 Å². The van der Waals surface area contributed by atoms with Crippen molar-refractivity contribution in [2.45, 2.75) is 25.3 Å². The lowest BCUT2D eigenvalue weighted by molar-refractivity contribution is -0.139. The van der Waals surface area contributed by atoms with E-state index < -0.39 is 18.0 Å². The Bertz CT molecular complexity index is 769. The Hall–Kier alpha value is -2.82. The number of benzene rings is 2. The molecule has 2 aromatic rings. The van der Waals surface area contributed by atoms with Crippen molar-refractivity contribution >= 4 is 17.6 Å². The van der Waals surface area contributed by atoms with Crippen molar-refractivity contribution in [1.82, 2.24) is 0 Å². The van der Waals surface area contributed by atoms with Gasteiger partial charge in [0.2, 0.25) is 0 Å². The van der Waals surface area contributed by atoms with Crippen LogP contribution in [0.15, 0.2) is 42.5 Å². The number of carboxylic acids is 2. The maximum atomic E-state index is 11.4. The lowest BCUT2D eigenvalue weighted by Gasteiger charge is -2.17. The van der Waals surface area contributed by atoms with E-state index in [0.717, 1.165) is 23.2 Å². The maximum Gasteiger partial charge on any atom is 0.326 e. The zero-order valence-corrected chi connectivity index (χ0v) is 12.5. The molecule has 2 aromatic carbocycles. The van der Waals surface area contributed by atoms with Gasteiger partial charge in [-0.05, 0) is 34.7 Å². The lowest BCUT2D eigenvalue weighted by Crippen LogP contribution is -2.30. The largest absolute Gasteiger partial charge is 0.481 e. The predicted molar refractivity (Wildman–Crippen MR) is 86.6 cm³/mol. The smallest absolute Gasteiger partial charge is 0.326 e. The lowest BCUT2D eigenvalue weighted by atomic mass is 10.0. The van der Waals surface area contributed by atoms with Gasteiger partial charge < -0.3 is 15.5 Å². The molecule has 118 valence electrons. The summed E-state index contributed by atoms with van der Waals surface area (Å²) in [5.41, 5.74) is 5.32. The average Bonchev–Trinajstić information content (AvgIpc) is 2.90. The second-order valence-electron chi connectivity index (χ2n) is 5.63. The summed E-state index contributed by atoms with van der Waals surface area (Å²) in [4.78, 5) is 22.1. The van der Waals surface area contributed by atoms with E-state index in [2.05, 4.69) is 17.4 Å². The van der Waals surface area contributed by atoms with Gasteiger partial charge in [-0.1, -0.05) is 36.4 Å². The average molecular weight is 311 g/mol. The minimum Gasteiger partial charge on any atom is -0.481 e. The molecule has 0 unspecified atom stereocenters. The SMILES string of the molecule is O=C(O)CC[C@H](Nc1cccc2c1Cc1ccccc1-2)C(=O)O. The van der Waals surface area contributed by atoms with Crippen LogP contribution >= 0.6 is 0 Å². The molecule has 0 saturated carbocycles. The Balaban J connectivity index is 1.87. The Morgan fingerprint density at radius 3 is 2.52 bits per heavy atom. The molecule has 1 atom stereocenters. The highest BCUT2D eigenvalue weighted by Crippen LogP contribution is 2.40. The van der Waals surface area contributed by atoms with Crippen LogP contribution in [0.1, 0.15) is 24.0 Å². The fraction of sp³-hybridized carbons (Fsp3) is 0.222. The van der Waals surface area contributed by atoms with Crippen LogP contribution in [0.25, 0.3) is 11.1 Å². The molecule has 0 aliphatic heterocycles. The van der Waals surface area contributed by atoms with Gasteiger partial charge in [-0.2, -0.15) is 0 Å². The first kappa shape index (κ1) is 15.1. The standard InChI is InChI=1S/C18H17NO4/c20-17(21)9-8-16(18(22)23)19-15-7-3-6-13-12-5-2-1-4-11(12)10-14(13)15/h1-7,16,19H,8-10H2,(H,20,21)(H,22,23)/t16-/m0/s1. The molecule has 0 amide bonds. The Morgan fingerprint density at radius 1 is 1.04 bits per heavy atom. The van der Waals surface area contributed by atoms with Crippen molar-refractivity contribution in [3.63, 3.8) is 0 Å². The van der Waals surface area contributed by atoms with Crippen molar-refractivity contribution in [1.29, 1.82) is 0 Å². The number of aliphatic carboxylic acids is 2. The minimum absolute atomic E-state index is 0.0429. The topological polar surface area (TPSA) is 86.6 Å². The van der Waals surface area contributed by atoms with Gasteiger partial charge in [0.25, 0.3) is 0 Å². The normalized spacial score (nSPS) is 13.0. The molecular weight excluding hydrogens is 294 g/mol. The summed E-state index contributed by atoms with van der Waals surface area (Å²) in [6.45, 7) is 0. The molecule has 3 N–H and O–H groups in total. The van der Waals surface area contributed by atoms with Crippen molar-refractivity contribution in [3.05, 3.63) is 53.6 Å². The summed E-state index contributed by atoms with van der Waals surface area (Å²) in [7, 11) is 0. The third kappa shape index (κ3) is 3.04. The van der Waals surface area contributed by atoms with Crippen LogP contribution in [0.4, 0.5) is 5.69 Å². The maximum absolute atomic E-state index is 11.4. The van der Waals surface area contributed by atoms with Crippen LogP contribution in [0.5, 0.6) is 0 Å². The highest BCUT2D eigenvalue weighted by molar-refractivity contribution is 5.84. The number of anilines is 1. The molecule has 23 heavy (non-hydrogen) atoms. The first-order valence-electron chi connectivity index (χ1n) is 7.47. The number of fused-ring (bicyclic) bond motifs is 3. The van der Waals surface area contributed by atoms with E-state index in [1.54, 1.807) is 0 Å². The third-order valence-electron chi connectivity index (χ3n) is 4.13. The Kier molecular flexibility index (Phi) is 4.02. The van der Waals surface area contributed by atoms with Gasteiger partial charge in [0.1, 0.15) is 6.04 Å². The van der Waals surface area contributed by atoms with Crippen LogP contribution < -0.4 is 5.32 Å². The number of hydrogen-bond donors (Lipinski definition) is 3. The zero-order chi connectivity index (χ0) is 16.4. The van der Waals surface area contributed by atoms with E-state index in [9.17, 15) is 14.7 Å². The van der Waals surface area contributed by atoms with Crippen LogP contribution in [0.3, 0.4) is 0 Å². The second kappa shape index (κ2) is 6.12. The van der Waals surface area contributed by atoms with Gasteiger partial charge in [-0.3, -0.25) is 4.79 Å².